The first kappa shape index (κ1) is 17.7. The number of aromatic amines is 1. The van der Waals surface area contributed by atoms with Crippen molar-refractivity contribution in [3.05, 3.63) is 41.7 Å². The molecule has 6 nitrogen and oxygen atoms in total. The Morgan fingerprint density at radius 2 is 1.96 bits per heavy atom. The maximum absolute atomic E-state index is 5.45. The lowest BCUT2D eigenvalue weighted by molar-refractivity contribution is 0.174. The van der Waals surface area contributed by atoms with Gasteiger partial charge >= 0.3 is 0 Å². The molecule has 0 aliphatic carbocycles. The lowest BCUT2D eigenvalue weighted by atomic mass is 10.1. The number of rotatable bonds is 2. The topological polar surface area (TPSA) is 71.2 Å². The van der Waals surface area contributed by atoms with Gasteiger partial charge in [-0.05, 0) is 23.8 Å². The highest BCUT2D eigenvalue weighted by Gasteiger charge is 2.19. The van der Waals surface area contributed by atoms with Gasteiger partial charge in [-0.2, -0.15) is 0 Å². The SMILES string of the molecule is Cl.Cl.c1cc(Nc2ccc3c(c2)OCO3)c2c3c([nH]c2n1)CCNC3. The summed E-state index contributed by atoms with van der Waals surface area (Å²) >= 11 is 0. The van der Waals surface area contributed by atoms with E-state index in [9.17, 15) is 0 Å². The van der Waals surface area contributed by atoms with Crippen LogP contribution < -0.4 is 20.1 Å². The highest BCUT2D eigenvalue weighted by molar-refractivity contribution is 5.95. The predicted molar refractivity (Wildman–Crippen MR) is 102 cm³/mol. The van der Waals surface area contributed by atoms with Crippen LogP contribution in [0.5, 0.6) is 11.5 Å². The summed E-state index contributed by atoms with van der Waals surface area (Å²) < 4.78 is 10.8. The molecule has 5 rings (SSSR count). The van der Waals surface area contributed by atoms with E-state index in [4.69, 9.17) is 9.47 Å². The van der Waals surface area contributed by atoms with Gasteiger partial charge in [-0.1, -0.05) is 0 Å². The van der Waals surface area contributed by atoms with Crippen molar-refractivity contribution in [2.75, 3.05) is 18.7 Å². The summed E-state index contributed by atoms with van der Waals surface area (Å²) in [6.45, 7) is 2.16. The van der Waals surface area contributed by atoms with Gasteiger partial charge in [0.15, 0.2) is 11.5 Å². The second kappa shape index (κ2) is 7.00. The van der Waals surface area contributed by atoms with Crippen LogP contribution in [0.15, 0.2) is 30.5 Å². The third-order valence-electron chi connectivity index (χ3n) is 4.39. The molecule has 0 saturated carbocycles. The minimum Gasteiger partial charge on any atom is -0.454 e. The maximum Gasteiger partial charge on any atom is 0.231 e. The first-order valence-corrected chi connectivity index (χ1v) is 7.74. The van der Waals surface area contributed by atoms with Crippen molar-refractivity contribution >= 4 is 47.2 Å². The third kappa shape index (κ3) is 2.97. The maximum atomic E-state index is 5.45. The molecule has 2 aliphatic heterocycles. The molecular weight excluding hydrogens is 363 g/mol. The van der Waals surface area contributed by atoms with Crippen LogP contribution in [0.1, 0.15) is 11.3 Å². The molecule has 0 spiro atoms. The van der Waals surface area contributed by atoms with E-state index in [-0.39, 0.29) is 31.6 Å². The molecule has 1 aromatic carbocycles. The van der Waals surface area contributed by atoms with Gasteiger partial charge < -0.3 is 25.1 Å². The van der Waals surface area contributed by atoms with Crippen molar-refractivity contribution in [2.45, 2.75) is 13.0 Å². The second-order valence-electron chi connectivity index (χ2n) is 5.78. The minimum atomic E-state index is 0. The number of nitrogens with one attached hydrogen (secondary N) is 3. The fourth-order valence-corrected chi connectivity index (χ4v) is 3.30. The zero-order chi connectivity index (χ0) is 15.2. The van der Waals surface area contributed by atoms with Gasteiger partial charge in [-0.3, -0.25) is 0 Å². The van der Waals surface area contributed by atoms with Crippen molar-refractivity contribution in [2.24, 2.45) is 0 Å². The van der Waals surface area contributed by atoms with Crippen LogP contribution in [0.4, 0.5) is 11.4 Å². The number of hydrogen-bond donors (Lipinski definition) is 3. The Balaban J connectivity index is 0.000000911. The Kier molecular flexibility index (Phi) is 4.94. The van der Waals surface area contributed by atoms with Crippen LogP contribution in [0.25, 0.3) is 11.0 Å². The Hall–Kier alpha value is -2.15. The molecule has 25 heavy (non-hydrogen) atoms. The summed E-state index contributed by atoms with van der Waals surface area (Å²) in [6.07, 6.45) is 2.84. The molecule has 0 atom stereocenters. The van der Waals surface area contributed by atoms with E-state index in [1.165, 1.54) is 11.3 Å². The quantitative estimate of drug-likeness (QED) is 0.634. The van der Waals surface area contributed by atoms with E-state index in [1.54, 1.807) is 0 Å². The zero-order valence-corrected chi connectivity index (χ0v) is 14.9. The number of ether oxygens (including phenoxy) is 2. The average Bonchev–Trinajstić information content (AvgIpc) is 3.18. The standard InChI is InChI=1S/C17H16N4O2.2ClH/c1-2-14-15(23-9-22-14)7-10(1)20-13-4-6-19-17-16(13)11-8-18-5-3-12(11)21-17;;/h1-2,4,6-7,18H,3,5,8-9H2,(H2,19,20,21);2*1H. The Morgan fingerprint density at radius 3 is 2.88 bits per heavy atom. The predicted octanol–water partition coefficient (Wildman–Crippen LogP) is 3.52. The van der Waals surface area contributed by atoms with Crippen molar-refractivity contribution in [1.29, 1.82) is 0 Å². The van der Waals surface area contributed by atoms with E-state index in [1.807, 2.05) is 30.5 Å². The van der Waals surface area contributed by atoms with Gasteiger partial charge in [0, 0.05) is 48.5 Å². The van der Waals surface area contributed by atoms with Crippen molar-refractivity contribution in [1.82, 2.24) is 15.3 Å². The van der Waals surface area contributed by atoms with Crippen molar-refractivity contribution in [3.63, 3.8) is 0 Å². The number of nitrogens with zero attached hydrogens (tertiary/aromatic N) is 1. The number of benzene rings is 1. The third-order valence-corrected chi connectivity index (χ3v) is 4.39. The number of halogens is 2. The lowest BCUT2D eigenvalue weighted by Gasteiger charge is -2.14. The van der Waals surface area contributed by atoms with Crippen molar-refractivity contribution < 1.29 is 9.47 Å². The normalized spacial score (nSPS) is 14.4. The monoisotopic (exact) mass is 380 g/mol. The molecule has 2 aliphatic rings. The largest absolute Gasteiger partial charge is 0.454 e. The first-order chi connectivity index (χ1) is 11.4. The Labute approximate surface area is 157 Å². The number of aromatic nitrogens is 2. The average molecular weight is 381 g/mol. The molecule has 4 heterocycles. The molecule has 0 radical (unpaired) electrons. The van der Waals surface area contributed by atoms with Gasteiger partial charge in [-0.15, -0.1) is 24.8 Å². The smallest absolute Gasteiger partial charge is 0.231 e. The summed E-state index contributed by atoms with van der Waals surface area (Å²) in [5.41, 5.74) is 5.55. The number of H-pyrrole nitrogens is 1. The van der Waals surface area contributed by atoms with E-state index < -0.39 is 0 Å². The molecule has 3 aromatic rings. The summed E-state index contributed by atoms with van der Waals surface area (Å²) in [6, 6.07) is 7.90. The molecule has 0 fully saturated rings. The molecule has 3 N–H and O–H groups in total. The molecule has 0 unspecified atom stereocenters. The molecule has 132 valence electrons. The van der Waals surface area contributed by atoms with E-state index in [0.29, 0.717) is 0 Å². The summed E-state index contributed by atoms with van der Waals surface area (Å²) in [5, 5.41) is 8.08. The van der Waals surface area contributed by atoms with E-state index in [0.717, 1.165) is 53.4 Å². The van der Waals surface area contributed by atoms with Gasteiger partial charge in [0.2, 0.25) is 6.79 Å². The summed E-state index contributed by atoms with van der Waals surface area (Å²) in [5.74, 6) is 1.57. The molecule has 0 amide bonds. The molecule has 2 aromatic heterocycles. The first-order valence-electron chi connectivity index (χ1n) is 7.74. The van der Waals surface area contributed by atoms with Gasteiger partial charge in [0.25, 0.3) is 0 Å². The van der Waals surface area contributed by atoms with Crippen LogP contribution in [-0.4, -0.2) is 23.3 Å². The van der Waals surface area contributed by atoms with Crippen LogP contribution >= 0.6 is 24.8 Å². The van der Waals surface area contributed by atoms with Crippen LogP contribution in [0.3, 0.4) is 0 Å². The van der Waals surface area contributed by atoms with Crippen LogP contribution in [0.2, 0.25) is 0 Å². The van der Waals surface area contributed by atoms with Gasteiger partial charge in [0.05, 0.1) is 5.69 Å². The molecule has 0 bridgehead atoms. The Bertz CT molecular complexity index is 913. The zero-order valence-electron chi connectivity index (χ0n) is 13.3. The molecular formula is C17H18Cl2N4O2. The van der Waals surface area contributed by atoms with Gasteiger partial charge in [-0.25, -0.2) is 4.98 Å². The highest BCUT2D eigenvalue weighted by Crippen LogP contribution is 2.37. The second-order valence-corrected chi connectivity index (χ2v) is 5.78. The summed E-state index contributed by atoms with van der Waals surface area (Å²) in [7, 11) is 0. The van der Waals surface area contributed by atoms with E-state index in [2.05, 4.69) is 20.6 Å². The van der Waals surface area contributed by atoms with Gasteiger partial charge in [0.1, 0.15) is 5.65 Å². The summed E-state index contributed by atoms with van der Waals surface area (Å²) in [4.78, 5) is 7.93. The number of anilines is 2. The number of fused-ring (bicyclic) bond motifs is 4. The highest BCUT2D eigenvalue weighted by atomic mass is 35.5. The fraction of sp³-hybridized carbons (Fsp3) is 0.235. The Morgan fingerprint density at radius 1 is 1.08 bits per heavy atom. The van der Waals surface area contributed by atoms with Crippen LogP contribution in [0, 0.1) is 0 Å². The number of pyridine rings is 1. The fourth-order valence-electron chi connectivity index (χ4n) is 3.30. The number of hydrogen-bond acceptors (Lipinski definition) is 5. The van der Waals surface area contributed by atoms with Crippen LogP contribution in [-0.2, 0) is 13.0 Å². The minimum absolute atomic E-state index is 0. The van der Waals surface area contributed by atoms with Crippen molar-refractivity contribution in [3.8, 4) is 11.5 Å². The molecule has 0 saturated heterocycles. The lowest BCUT2D eigenvalue weighted by Crippen LogP contribution is -2.23. The molecule has 8 heteroatoms. The van der Waals surface area contributed by atoms with E-state index >= 15 is 0 Å².